The summed E-state index contributed by atoms with van der Waals surface area (Å²) >= 11 is 12.9. The van der Waals surface area contributed by atoms with Crippen LogP contribution in [0.25, 0.3) is 0 Å². The van der Waals surface area contributed by atoms with Crippen molar-refractivity contribution in [3.63, 3.8) is 0 Å². The van der Waals surface area contributed by atoms with Crippen LogP contribution >= 0.6 is 23.2 Å². The van der Waals surface area contributed by atoms with Crippen LogP contribution in [0.1, 0.15) is 18.7 Å². The van der Waals surface area contributed by atoms with Gasteiger partial charge in [-0.1, -0.05) is 53.5 Å². The summed E-state index contributed by atoms with van der Waals surface area (Å²) in [5.74, 6) is 0.213. The fraction of sp³-hybridized carbons (Fsp3) is 0.231. The highest BCUT2D eigenvalue weighted by atomic mass is 35.5. The Morgan fingerprint density at radius 1 is 0.941 bits per heavy atom. The largest absolute Gasteiger partial charge is 0.378 e. The van der Waals surface area contributed by atoms with Crippen molar-refractivity contribution in [2.24, 2.45) is 5.10 Å². The van der Waals surface area contributed by atoms with Crippen molar-refractivity contribution in [3.05, 3.63) is 88.4 Å². The van der Waals surface area contributed by atoms with Crippen molar-refractivity contribution >= 4 is 51.9 Å². The zero-order valence-corrected chi connectivity index (χ0v) is 20.2. The van der Waals surface area contributed by atoms with Gasteiger partial charge < -0.3 is 9.64 Å². The first-order valence-corrected chi connectivity index (χ1v) is 11.9. The van der Waals surface area contributed by atoms with E-state index in [1.165, 1.54) is 6.92 Å². The molecule has 0 aromatic heterocycles. The lowest BCUT2D eigenvalue weighted by atomic mass is 10.1. The molecule has 0 bridgehead atoms. The van der Waals surface area contributed by atoms with Crippen molar-refractivity contribution in [2.75, 3.05) is 41.1 Å². The normalized spacial score (nSPS) is 18.3. The van der Waals surface area contributed by atoms with Crippen LogP contribution in [0, 0.1) is 0 Å². The number of anilines is 3. The molecule has 5 rings (SSSR count). The van der Waals surface area contributed by atoms with Gasteiger partial charge in [-0.05, 0) is 48.0 Å². The molecule has 1 fully saturated rings. The molecule has 0 N–H and O–H groups in total. The van der Waals surface area contributed by atoms with Gasteiger partial charge in [-0.2, -0.15) is 0 Å². The Balaban J connectivity index is 1.60. The minimum absolute atomic E-state index is 0.134. The molecule has 174 valence electrons. The van der Waals surface area contributed by atoms with Crippen LogP contribution in [0.15, 0.2) is 77.9 Å². The summed E-state index contributed by atoms with van der Waals surface area (Å²) in [7, 11) is 0. The first-order chi connectivity index (χ1) is 16.5. The van der Waals surface area contributed by atoms with Crippen LogP contribution in [-0.4, -0.2) is 37.9 Å². The van der Waals surface area contributed by atoms with E-state index in [0.29, 0.717) is 29.1 Å². The number of carbonyl (C=O) groups is 1. The highest BCUT2D eigenvalue weighted by Crippen LogP contribution is 2.41. The van der Waals surface area contributed by atoms with Gasteiger partial charge in [0, 0.05) is 30.7 Å². The van der Waals surface area contributed by atoms with E-state index >= 15 is 0 Å². The van der Waals surface area contributed by atoms with Crippen LogP contribution in [-0.2, 0) is 9.53 Å². The zero-order chi connectivity index (χ0) is 23.7. The van der Waals surface area contributed by atoms with Crippen LogP contribution in [0.2, 0.25) is 10.0 Å². The van der Waals surface area contributed by atoms with E-state index in [1.54, 1.807) is 0 Å². The molecular weight excluding hydrogens is 471 g/mol. The van der Waals surface area contributed by atoms with Gasteiger partial charge in [-0.25, -0.2) is 5.01 Å². The number of nitrogens with zero attached hydrogens (tertiary/aromatic N) is 4. The Morgan fingerprint density at radius 3 is 2.26 bits per heavy atom. The fourth-order valence-corrected chi connectivity index (χ4v) is 4.77. The number of Topliss-reactive ketones (excluding diaryl/α,β-unsaturated/α-hetero) is 1. The van der Waals surface area contributed by atoms with Gasteiger partial charge in [-0.3, -0.25) is 9.69 Å². The zero-order valence-electron chi connectivity index (χ0n) is 18.7. The first kappa shape index (κ1) is 22.7. The van der Waals surface area contributed by atoms with Gasteiger partial charge in [0.1, 0.15) is 0 Å². The quantitative estimate of drug-likeness (QED) is 0.451. The van der Waals surface area contributed by atoms with E-state index in [2.05, 4.69) is 4.90 Å². The average molecular weight is 495 g/mol. The Labute approximate surface area is 208 Å². The Hall–Kier alpha value is -3.06. The molecular formula is C26H24Cl2N4O2. The predicted octanol–water partition coefficient (Wildman–Crippen LogP) is 5.76. The van der Waals surface area contributed by atoms with Gasteiger partial charge in [0.2, 0.25) is 0 Å². The summed E-state index contributed by atoms with van der Waals surface area (Å²) in [6.45, 7) is 4.47. The molecule has 1 saturated heterocycles. The Bertz CT molecular complexity index is 1210. The summed E-state index contributed by atoms with van der Waals surface area (Å²) in [5.41, 5.74) is 3.57. The molecule has 6 nitrogen and oxygen atoms in total. The molecule has 34 heavy (non-hydrogen) atoms. The lowest BCUT2D eigenvalue weighted by Crippen LogP contribution is -2.38. The van der Waals surface area contributed by atoms with E-state index in [4.69, 9.17) is 33.0 Å². The van der Waals surface area contributed by atoms with Gasteiger partial charge in [0.15, 0.2) is 17.8 Å². The molecule has 3 aromatic carbocycles. The molecule has 0 aliphatic carbocycles. The van der Waals surface area contributed by atoms with Crippen LogP contribution in [0.3, 0.4) is 0 Å². The summed E-state index contributed by atoms with van der Waals surface area (Å²) in [5, 5.41) is 7.87. The van der Waals surface area contributed by atoms with E-state index in [0.717, 1.165) is 35.7 Å². The average Bonchev–Trinajstić information content (AvgIpc) is 3.26. The maximum Gasteiger partial charge on any atom is 0.198 e. The van der Waals surface area contributed by atoms with Crippen molar-refractivity contribution in [1.82, 2.24) is 0 Å². The number of hydrogen-bond acceptors (Lipinski definition) is 6. The van der Waals surface area contributed by atoms with E-state index in [1.807, 2.05) is 82.7 Å². The second-order valence-corrected chi connectivity index (χ2v) is 9.03. The number of morpholine rings is 1. The molecule has 2 aliphatic heterocycles. The van der Waals surface area contributed by atoms with Gasteiger partial charge >= 0.3 is 0 Å². The molecule has 1 unspecified atom stereocenters. The number of hydrazone groups is 1. The molecule has 0 amide bonds. The molecule has 0 radical (unpaired) electrons. The van der Waals surface area contributed by atoms with E-state index in [-0.39, 0.29) is 11.9 Å². The van der Waals surface area contributed by atoms with Gasteiger partial charge in [-0.15, -0.1) is 5.10 Å². The fourth-order valence-electron chi connectivity index (χ4n) is 4.35. The number of benzene rings is 3. The third kappa shape index (κ3) is 4.37. The number of rotatable bonds is 5. The SMILES string of the molecule is CC(=O)C1=NN(c2ccc(Cl)cc2)C(c2ccccc2)N1c1ccc(N2CCOCC2)c(Cl)c1. The second kappa shape index (κ2) is 9.66. The maximum absolute atomic E-state index is 12.8. The molecule has 0 spiro atoms. The van der Waals surface area contributed by atoms with Crippen LogP contribution in [0.5, 0.6) is 0 Å². The van der Waals surface area contributed by atoms with Crippen LogP contribution in [0.4, 0.5) is 17.1 Å². The molecule has 0 saturated carbocycles. The summed E-state index contributed by atoms with van der Waals surface area (Å²) < 4.78 is 5.47. The molecule has 3 aromatic rings. The highest BCUT2D eigenvalue weighted by Gasteiger charge is 2.39. The third-order valence-corrected chi connectivity index (χ3v) is 6.53. The minimum Gasteiger partial charge on any atom is -0.378 e. The Kier molecular flexibility index (Phi) is 6.46. The summed E-state index contributed by atoms with van der Waals surface area (Å²) in [6, 6.07) is 23.3. The second-order valence-electron chi connectivity index (χ2n) is 8.19. The maximum atomic E-state index is 12.8. The monoisotopic (exact) mass is 494 g/mol. The standard InChI is InChI=1S/C26H24Cl2N4O2/c1-18(33)25-29-32(21-9-7-20(27)8-10-21)26(19-5-3-2-4-6-19)31(25)22-11-12-24(23(28)17-22)30-13-15-34-16-14-30/h2-12,17,26H,13-16H2,1H3. The topological polar surface area (TPSA) is 48.4 Å². The molecule has 2 heterocycles. The lowest BCUT2D eigenvalue weighted by Gasteiger charge is -2.33. The lowest BCUT2D eigenvalue weighted by molar-refractivity contribution is -0.111. The summed E-state index contributed by atoms with van der Waals surface area (Å²) in [4.78, 5) is 16.9. The van der Waals surface area contributed by atoms with Gasteiger partial charge in [0.25, 0.3) is 0 Å². The number of halogens is 2. The highest BCUT2D eigenvalue weighted by molar-refractivity contribution is 6.44. The van der Waals surface area contributed by atoms with Crippen LogP contribution < -0.4 is 14.8 Å². The van der Waals surface area contributed by atoms with Crippen molar-refractivity contribution in [3.8, 4) is 0 Å². The van der Waals surface area contributed by atoms with E-state index in [9.17, 15) is 4.79 Å². The molecule has 1 atom stereocenters. The van der Waals surface area contributed by atoms with E-state index < -0.39 is 0 Å². The Morgan fingerprint density at radius 2 is 1.62 bits per heavy atom. The predicted molar refractivity (Wildman–Crippen MR) is 138 cm³/mol. The summed E-state index contributed by atoms with van der Waals surface area (Å²) in [6.07, 6.45) is -0.369. The third-order valence-electron chi connectivity index (χ3n) is 5.97. The minimum atomic E-state index is -0.369. The van der Waals surface area contributed by atoms with Gasteiger partial charge in [0.05, 0.1) is 29.6 Å². The van der Waals surface area contributed by atoms with Crippen molar-refractivity contribution in [1.29, 1.82) is 0 Å². The number of ether oxygens (including phenoxy) is 1. The number of ketones is 1. The number of carbonyl (C=O) groups excluding carboxylic acids is 1. The molecule has 2 aliphatic rings. The smallest absolute Gasteiger partial charge is 0.198 e. The number of amidine groups is 1. The molecule has 8 heteroatoms. The van der Waals surface area contributed by atoms with Crippen molar-refractivity contribution in [2.45, 2.75) is 13.1 Å². The number of hydrogen-bond donors (Lipinski definition) is 0. The first-order valence-electron chi connectivity index (χ1n) is 11.1. The van der Waals surface area contributed by atoms with Crippen molar-refractivity contribution < 1.29 is 9.53 Å².